The molecule has 140 valence electrons. The minimum absolute atomic E-state index is 0.226. The molecule has 2 aromatic rings. The van der Waals surface area contributed by atoms with Crippen LogP contribution in [0, 0.1) is 0 Å². The van der Waals surface area contributed by atoms with Gasteiger partial charge in [-0.3, -0.25) is 9.69 Å². The Hall–Kier alpha value is -2.40. The largest absolute Gasteiger partial charge is 0.457 e. The Kier molecular flexibility index (Phi) is 4.12. The summed E-state index contributed by atoms with van der Waals surface area (Å²) in [5, 5.41) is 2.20. The molecule has 0 radical (unpaired) electrons. The van der Waals surface area contributed by atoms with Gasteiger partial charge in [-0.2, -0.15) is 0 Å². The zero-order chi connectivity index (χ0) is 18.4. The van der Waals surface area contributed by atoms with Gasteiger partial charge in [0.1, 0.15) is 6.61 Å². The maximum atomic E-state index is 12.1. The van der Waals surface area contributed by atoms with Gasteiger partial charge in [-0.05, 0) is 48.4 Å². The lowest BCUT2D eigenvalue weighted by Crippen LogP contribution is -2.48. The lowest BCUT2D eigenvalue weighted by Gasteiger charge is -2.37. The minimum atomic E-state index is -0.226. The van der Waals surface area contributed by atoms with Gasteiger partial charge < -0.3 is 9.64 Å². The van der Waals surface area contributed by atoms with E-state index in [1.165, 1.54) is 5.56 Å². The average Bonchev–Trinajstić information content (AvgIpc) is 3.12. The molecule has 0 saturated carbocycles. The molecule has 27 heavy (non-hydrogen) atoms. The number of carbonyl (C=O) groups excluding carboxylic acids is 2. The first-order valence-corrected chi connectivity index (χ1v) is 9.93. The number of carbonyl (C=O) groups is 2. The molecule has 5 rings (SSSR count). The number of piperidine rings is 1. The van der Waals surface area contributed by atoms with Crippen molar-refractivity contribution in [2.75, 3.05) is 19.6 Å². The summed E-state index contributed by atoms with van der Waals surface area (Å²) in [4.78, 5) is 28.8. The van der Waals surface area contributed by atoms with Crippen molar-refractivity contribution in [3.63, 3.8) is 0 Å². The van der Waals surface area contributed by atoms with Crippen LogP contribution in [0.2, 0.25) is 0 Å². The van der Waals surface area contributed by atoms with E-state index in [4.69, 9.17) is 4.74 Å². The SMILES string of the molecule is O=C1OCc2ccc(CN3CCCC(N4CCCC4=O)C3)c3cccc1c23. The van der Waals surface area contributed by atoms with E-state index in [0.717, 1.165) is 61.8 Å². The van der Waals surface area contributed by atoms with Crippen LogP contribution in [0.4, 0.5) is 0 Å². The summed E-state index contributed by atoms with van der Waals surface area (Å²) in [6.45, 7) is 4.13. The summed E-state index contributed by atoms with van der Waals surface area (Å²) in [6.07, 6.45) is 3.95. The Bertz CT molecular complexity index is 923. The van der Waals surface area contributed by atoms with Gasteiger partial charge in [0.05, 0.1) is 5.56 Å². The van der Waals surface area contributed by atoms with Crippen molar-refractivity contribution in [2.45, 2.75) is 44.9 Å². The highest BCUT2D eigenvalue weighted by Gasteiger charge is 2.31. The normalized spacial score (nSPS) is 23.1. The summed E-state index contributed by atoms with van der Waals surface area (Å²) in [7, 11) is 0. The topological polar surface area (TPSA) is 49.9 Å². The van der Waals surface area contributed by atoms with Gasteiger partial charge in [0.2, 0.25) is 5.91 Å². The fourth-order valence-electron chi connectivity index (χ4n) is 4.91. The predicted octanol–water partition coefficient (Wildman–Crippen LogP) is 3.10. The number of hydrogen-bond acceptors (Lipinski definition) is 4. The molecule has 0 N–H and O–H groups in total. The molecule has 3 aliphatic rings. The second-order valence-electron chi connectivity index (χ2n) is 7.91. The fourth-order valence-corrected chi connectivity index (χ4v) is 4.91. The van der Waals surface area contributed by atoms with E-state index < -0.39 is 0 Å². The molecule has 3 heterocycles. The minimum Gasteiger partial charge on any atom is -0.457 e. The lowest BCUT2D eigenvalue weighted by atomic mass is 9.93. The smallest absolute Gasteiger partial charge is 0.339 e. The Balaban J connectivity index is 1.42. The molecule has 3 aliphatic heterocycles. The molecule has 2 aromatic carbocycles. The molecule has 0 aromatic heterocycles. The van der Waals surface area contributed by atoms with Gasteiger partial charge in [-0.15, -0.1) is 0 Å². The van der Waals surface area contributed by atoms with E-state index in [2.05, 4.69) is 28.0 Å². The Morgan fingerprint density at radius 1 is 1.07 bits per heavy atom. The van der Waals surface area contributed by atoms with E-state index >= 15 is 0 Å². The van der Waals surface area contributed by atoms with Gasteiger partial charge in [0, 0.05) is 37.5 Å². The van der Waals surface area contributed by atoms with Gasteiger partial charge >= 0.3 is 5.97 Å². The molecule has 5 nitrogen and oxygen atoms in total. The van der Waals surface area contributed by atoms with Crippen molar-refractivity contribution in [1.82, 2.24) is 9.80 Å². The van der Waals surface area contributed by atoms with Crippen LogP contribution in [-0.4, -0.2) is 47.4 Å². The molecule has 2 fully saturated rings. The predicted molar refractivity (Wildman–Crippen MR) is 102 cm³/mol. The Morgan fingerprint density at radius 2 is 2.00 bits per heavy atom. The van der Waals surface area contributed by atoms with Gasteiger partial charge in [-0.25, -0.2) is 4.79 Å². The highest BCUT2D eigenvalue weighted by Crippen LogP contribution is 2.32. The number of likely N-dealkylation sites (tertiary alicyclic amines) is 2. The van der Waals surface area contributed by atoms with Crippen molar-refractivity contribution >= 4 is 22.6 Å². The molecule has 1 amide bonds. The van der Waals surface area contributed by atoms with Gasteiger partial charge in [0.25, 0.3) is 0 Å². The lowest BCUT2D eigenvalue weighted by molar-refractivity contribution is -0.130. The third-order valence-electron chi connectivity index (χ3n) is 6.22. The van der Waals surface area contributed by atoms with Crippen molar-refractivity contribution in [3.8, 4) is 0 Å². The van der Waals surface area contributed by atoms with Crippen LogP contribution in [0.25, 0.3) is 10.8 Å². The Labute approximate surface area is 158 Å². The number of esters is 1. The molecule has 2 saturated heterocycles. The van der Waals surface area contributed by atoms with Crippen LogP contribution in [0.1, 0.15) is 47.2 Å². The van der Waals surface area contributed by atoms with Crippen LogP contribution in [0.5, 0.6) is 0 Å². The van der Waals surface area contributed by atoms with Crippen LogP contribution in [-0.2, 0) is 22.7 Å². The monoisotopic (exact) mass is 364 g/mol. The zero-order valence-electron chi connectivity index (χ0n) is 15.4. The summed E-state index contributed by atoms with van der Waals surface area (Å²) >= 11 is 0. The third kappa shape index (κ3) is 2.90. The summed E-state index contributed by atoms with van der Waals surface area (Å²) < 4.78 is 5.28. The number of rotatable bonds is 3. The molecular weight excluding hydrogens is 340 g/mol. The van der Waals surface area contributed by atoms with Crippen LogP contribution in [0.3, 0.4) is 0 Å². The number of ether oxygens (including phenoxy) is 1. The number of amides is 1. The standard InChI is InChI=1S/C22H24N2O3/c25-20-7-3-11-24(20)17-4-2-10-23(13-17)12-15-8-9-16-14-27-22(26)19-6-1-5-18(15)21(16)19/h1,5-6,8-9,17H,2-4,7,10-14H2. The second kappa shape index (κ2) is 6.64. The number of cyclic esters (lactones) is 1. The quantitative estimate of drug-likeness (QED) is 0.786. The summed E-state index contributed by atoms with van der Waals surface area (Å²) in [5.41, 5.74) is 3.01. The molecule has 0 aliphatic carbocycles. The van der Waals surface area contributed by atoms with E-state index in [-0.39, 0.29) is 5.97 Å². The zero-order valence-corrected chi connectivity index (χ0v) is 15.4. The van der Waals surface area contributed by atoms with Crippen molar-refractivity contribution in [3.05, 3.63) is 47.0 Å². The van der Waals surface area contributed by atoms with Crippen LogP contribution < -0.4 is 0 Å². The highest BCUT2D eigenvalue weighted by atomic mass is 16.5. The van der Waals surface area contributed by atoms with E-state index in [1.807, 2.05) is 12.1 Å². The van der Waals surface area contributed by atoms with Crippen LogP contribution in [0.15, 0.2) is 30.3 Å². The molecule has 0 spiro atoms. The second-order valence-corrected chi connectivity index (χ2v) is 7.91. The number of benzene rings is 2. The van der Waals surface area contributed by atoms with Crippen molar-refractivity contribution < 1.29 is 14.3 Å². The average molecular weight is 364 g/mol. The first-order valence-electron chi connectivity index (χ1n) is 9.93. The molecule has 0 bridgehead atoms. The maximum Gasteiger partial charge on any atom is 0.339 e. The fraction of sp³-hybridized carbons (Fsp3) is 0.455. The number of hydrogen-bond donors (Lipinski definition) is 0. The molecule has 1 atom stereocenters. The molecule has 5 heteroatoms. The van der Waals surface area contributed by atoms with E-state index in [1.54, 1.807) is 0 Å². The van der Waals surface area contributed by atoms with Crippen molar-refractivity contribution in [1.29, 1.82) is 0 Å². The Morgan fingerprint density at radius 3 is 2.85 bits per heavy atom. The summed E-state index contributed by atoms with van der Waals surface area (Å²) in [5.74, 6) is 0.0952. The third-order valence-corrected chi connectivity index (χ3v) is 6.22. The first kappa shape index (κ1) is 16.8. The van der Waals surface area contributed by atoms with Gasteiger partial charge in [-0.1, -0.05) is 24.3 Å². The summed E-state index contributed by atoms with van der Waals surface area (Å²) in [6, 6.07) is 10.5. The van der Waals surface area contributed by atoms with Crippen molar-refractivity contribution in [2.24, 2.45) is 0 Å². The van der Waals surface area contributed by atoms with E-state index in [0.29, 0.717) is 30.5 Å². The molecule has 1 unspecified atom stereocenters. The van der Waals surface area contributed by atoms with Crippen LogP contribution >= 0.6 is 0 Å². The van der Waals surface area contributed by atoms with Gasteiger partial charge in [0.15, 0.2) is 0 Å². The van der Waals surface area contributed by atoms with E-state index in [9.17, 15) is 9.59 Å². The first-order chi connectivity index (χ1) is 13.2. The molecular formula is C22H24N2O3. The number of nitrogens with zero attached hydrogens (tertiary/aromatic N) is 2. The maximum absolute atomic E-state index is 12.1. The highest BCUT2D eigenvalue weighted by molar-refractivity contribution is 6.08.